The highest BCUT2D eigenvalue weighted by Gasteiger charge is 2.18. The van der Waals surface area contributed by atoms with Crippen LogP contribution in [-0.4, -0.2) is 37.2 Å². The van der Waals surface area contributed by atoms with E-state index in [0.717, 1.165) is 28.1 Å². The van der Waals surface area contributed by atoms with Gasteiger partial charge in [-0.25, -0.2) is 4.98 Å². The van der Waals surface area contributed by atoms with Crippen LogP contribution < -0.4 is 0 Å². The van der Waals surface area contributed by atoms with Gasteiger partial charge in [-0.15, -0.1) is 0 Å². The molecule has 0 atom stereocenters. The van der Waals surface area contributed by atoms with Crippen molar-refractivity contribution in [2.75, 3.05) is 7.05 Å². The van der Waals surface area contributed by atoms with Crippen LogP contribution in [0.5, 0.6) is 0 Å². The van der Waals surface area contributed by atoms with Gasteiger partial charge >= 0.3 is 6.55 Å². The summed E-state index contributed by atoms with van der Waals surface area (Å²) in [5.74, 6) is 0.560. The second-order valence-electron chi connectivity index (χ2n) is 7.00. The lowest BCUT2D eigenvalue weighted by molar-refractivity contribution is -0.130. The highest BCUT2D eigenvalue weighted by molar-refractivity contribution is 5.76. The second kappa shape index (κ2) is 8.42. The molecule has 144 valence electrons. The molecule has 0 aliphatic rings. The third kappa shape index (κ3) is 4.68. The summed E-state index contributed by atoms with van der Waals surface area (Å²) in [6.45, 7) is 6.49. The van der Waals surface area contributed by atoms with E-state index in [1.165, 1.54) is 17.3 Å². The predicted octanol–water partition coefficient (Wildman–Crippen LogP) is 3.34. The van der Waals surface area contributed by atoms with E-state index in [2.05, 4.69) is 23.9 Å². The van der Waals surface area contributed by atoms with Crippen LogP contribution in [0.2, 0.25) is 0 Å². The van der Waals surface area contributed by atoms with Crippen molar-refractivity contribution in [2.24, 2.45) is 5.92 Å². The third-order valence-corrected chi connectivity index (χ3v) is 4.42. The first-order chi connectivity index (χ1) is 12.2. The highest BCUT2D eigenvalue weighted by Crippen LogP contribution is 2.18. The van der Waals surface area contributed by atoms with E-state index in [-0.39, 0.29) is 18.3 Å². The van der Waals surface area contributed by atoms with Gasteiger partial charge in [0.1, 0.15) is 5.82 Å². The number of hydrogen-bond donors (Lipinski definition) is 0. The van der Waals surface area contributed by atoms with Gasteiger partial charge in [-0.05, 0) is 31.7 Å². The molecule has 0 saturated carbocycles. The number of imidazole rings is 1. The van der Waals surface area contributed by atoms with Crippen LogP contribution in [0.25, 0.3) is 0 Å². The number of aryl methyl sites for hydroxylation is 1. The maximum atomic E-state index is 12.9. The fourth-order valence-electron chi connectivity index (χ4n) is 2.99. The van der Waals surface area contributed by atoms with Crippen molar-refractivity contribution in [3.63, 3.8) is 0 Å². The molecule has 1 amide bonds. The molecule has 26 heavy (non-hydrogen) atoms. The van der Waals surface area contributed by atoms with Crippen LogP contribution in [0.1, 0.15) is 49.6 Å². The van der Waals surface area contributed by atoms with Crippen molar-refractivity contribution >= 4 is 5.91 Å². The van der Waals surface area contributed by atoms with Crippen LogP contribution in [0.3, 0.4) is 0 Å². The SMILES string of the molecule is Cc1nn(CC(C)C)c(C)c1CCC(=O)N(C)Cc1nccn1C(F)F. The fraction of sp³-hybridized carbons (Fsp3) is 0.611. The molecule has 0 N–H and O–H groups in total. The molecule has 0 aliphatic carbocycles. The smallest absolute Gasteiger partial charge is 0.319 e. The summed E-state index contributed by atoms with van der Waals surface area (Å²) in [7, 11) is 1.61. The Morgan fingerprint density at radius 3 is 2.62 bits per heavy atom. The lowest BCUT2D eigenvalue weighted by atomic mass is 10.1. The monoisotopic (exact) mass is 367 g/mol. The first-order valence-electron chi connectivity index (χ1n) is 8.77. The van der Waals surface area contributed by atoms with Crippen LogP contribution in [0, 0.1) is 19.8 Å². The average molecular weight is 367 g/mol. The zero-order chi connectivity index (χ0) is 19.4. The summed E-state index contributed by atoms with van der Waals surface area (Å²) in [4.78, 5) is 17.8. The quantitative estimate of drug-likeness (QED) is 0.719. The molecule has 2 aromatic heterocycles. The van der Waals surface area contributed by atoms with E-state index in [1.54, 1.807) is 7.05 Å². The molecule has 8 heteroatoms. The van der Waals surface area contributed by atoms with Gasteiger partial charge < -0.3 is 4.90 Å². The Morgan fingerprint density at radius 1 is 1.31 bits per heavy atom. The van der Waals surface area contributed by atoms with Gasteiger partial charge in [-0.1, -0.05) is 13.8 Å². The molecule has 2 rings (SSSR count). The molecule has 6 nitrogen and oxygen atoms in total. The molecule has 0 aromatic carbocycles. The van der Waals surface area contributed by atoms with Crippen LogP contribution in [0.4, 0.5) is 8.78 Å². The van der Waals surface area contributed by atoms with Gasteiger partial charge in [0.2, 0.25) is 5.91 Å². The average Bonchev–Trinajstić information content (AvgIpc) is 3.10. The summed E-state index contributed by atoms with van der Waals surface area (Å²) in [5.41, 5.74) is 3.10. The lowest BCUT2D eigenvalue weighted by Crippen LogP contribution is -2.28. The Bertz CT molecular complexity index is 751. The Morgan fingerprint density at radius 2 is 2.00 bits per heavy atom. The minimum Gasteiger partial charge on any atom is -0.338 e. The van der Waals surface area contributed by atoms with Gasteiger partial charge in [0, 0.05) is 38.1 Å². The van der Waals surface area contributed by atoms with E-state index >= 15 is 0 Å². The van der Waals surface area contributed by atoms with E-state index in [4.69, 9.17) is 0 Å². The number of nitrogens with zero attached hydrogens (tertiary/aromatic N) is 5. The van der Waals surface area contributed by atoms with Gasteiger partial charge in [0.05, 0.1) is 12.2 Å². The number of carbonyl (C=O) groups excluding carboxylic acids is 1. The van der Waals surface area contributed by atoms with Crippen molar-refractivity contribution in [1.29, 1.82) is 0 Å². The predicted molar refractivity (Wildman–Crippen MR) is 94.8 cm³/mol. The van der Waals surface area contributed by atoms with E-state index in [1.807, 2.05) is 18.5 Å². The molecule has 0 aliphatic heterocycles. The molecule has 2 heterocycles. The van der Waals surface area contributed by atoms with Gasteiger partial charge in [0.25, 0.3) is 0 Å². The first-order valence-corrected chi connectivity index (χ1v) is 8.77. The topological polar surface area (TPSA) is 56.0 Å². The molecular formula is C18H27F2N5O. The number of aromatic nitrogens is 4. The van der Waals surface area contributed by atoms with Crippen LogP contribution in [-0.2, 0) is 24.3 Å². The summed E-state index contributed by atoms with van der Waals surface area (Å²) in [5, 5.41) is 4.56. The third-order valence-electron chi connectivity index (χ3n) is 4.42. The van der Waals surface area contributed by atoms with Crippen molar-refractivity contribution < 1.29 is 13.6 Å². The molecule has 0 fully saturated rings. The van der Waals surface area contributed by atoms with Crippen molar-refractivity contribution in [1.82, 2.24) is 24.2 Å². The summed E-state index contributed by atoms with van der Waals surface area (Å²) in [6.07, 6.45) is 3.42. The molecular weight excluding hydrogens is 340 g/mol. The Hall–Kier alpha value is -2.25. The van der Waals surface area contributed by atoms with Crippen molar-refractivity contribution in [3.8, 4) is 0 Å². The zero-order valence-electron chi connectivity index (χ0n) is 16.0. The number of alkyl halides is 2. The normalized spacial score (nSPS) is 11.6. The number of halogens is 2. The largest absolute Gasteiger partial charge is 0.338 e. The molecule has 0 bridgehead atoms. The van der Waals surface area contributed by atoms with Crippen molar-refractivity contribution in [2.45, 2.75) is 60.2 Å². The van der Waals surface area contributed by atoms with Crippen LogP contribution >= 0.6 is 0 Å². The standard InChI is InChI=1S/C18H27F2N5O/c1-12(2)10-25-14(4)15(13(3)22-25)6-7-17(26)23(5)11-16-21-8-9-24(16)18(19)20/h8-9,12,18H,6-7,10-11H2,1-5H3. The molecule has 0 radical (unpaired) electrons. The fourth-order valence-corrected chi connectivity index (χ4v) is 2.99. The summed E-state index contributed by atoms with van der Waals surface area (Å²) < 4.78 is 28.5. The van der Waals surface area contributed by atoms with Crippen LogP contribution in [0.15, 0.2) is 12.4 Å². The maximum Gasteiger partial charge on any atom is 0.319 e. The number of amides is 1. The molecule has 0 saturated heterocycles. The molecule has 2 aromatic rings. The van der Waals surface area contributed by atoms with Gasteiger partial charge in [-0.3, -0.25) is 14.0 Å². The first kappa shape index (κ1) is 20.1. The Kier molecular flexibility index (Phi) is 6.50. The zero-order valence-corrected chi connectivity index (χ0v) is 16.0. The molecule has 0 unspecified atom stereocenters. The number of carbonyl (C=O) groups is 1. The number of rotatable bonds is 8. The Labute approximate surface area is 152 Å². The van der Waals surface area contributed by atoms with E-state index < -0.39 is 6.55 Å². The van der Waals surface area contributed by atoms with Gasteiger partial charge in [-0.2, -0.15) is 13.9 Å². The lowest BCUT2D eigenvalue weighted by Gasteiger charge is -2.17. The maximum absolute atomic E-state index is 12.9. The highest BCUT2D eigenvalue weighted by atomic mass is 19.3. The van der Waals surface area contributed by atoms with E-state index in [0.29, 0.717) is 18.8 Å². The molecule has 0 spiro atoms. The van der Waals surface area contributed by atoms with Crippen molar-refractivity contribution in [3.05, 3.63) is 35.2 Å². The van der Waals surface area contributed by atoms with Gasteiger partial charge in [0.15, 0.2) is 0 Å². The van der Waals surface area contributed by atoms with E-state index in [9.17, 15) is 13.6 Å². The summed E-state index contributed by atoms with van der Waals surface area (Å²) in [6, 6.07) is 0. The Balaban J connectivity index is 1.98. The second-order valence-corrected chi connectivity index (χ2v) is 7.00. The minimum atomic E-state index is -2.66. The number of hydrogen-bond acceptors (Lipinski definition) is 3. The minimum absolute atomic E-state index is 0.0563. The summed E-state index contributed by atoms with van der Waals surface area (Å²) >= 11 is 0.